The Morgan fingerprint density at radius 2 is 1.35 bits per heavy atom. The van der Waals surface area contributed by atoms with Crippen LogP contribution in [0, 0.1) is 0 Å². The van der Waals surface area contributed by atoms with E-state index in [0.717, 1.165) is 22.3 Å². The van der Waals surface area contributed by atoms with Gasteiger partial charge in [0.2, 0.25) is 0 Å². The minimum Gasteiger partial charge on any atom is -0.384 e. The number of ether oxygens (including phenoxy) is 4. The van der Waals surface area contributed by atoms with Crippen LogP contribution in [0.25, 0.3) is 0 Å². The molecular formula is C30H31N3O4. The van der Waals surface area contributed by atoms with Crippen LogP contribution in [-0.2, 0) is 24.5 Å². The number of aromatic amines is 1. The van der Waals surface area contributed by atoms with Crippen molar-refractivity contribution in [2.45, 2.75) is 49.7 Å². The van der Waals surface area contributed by atoms with E-state index < -0.39 is 17.5 Å². The molecule has 3 N–H and O–H groups in total. The molecule has 1 aromatic heterocycles. The third kappa shape index (κ3) is 4.24. The maximum absolute atomic E-state index is 7.03. The fraction of sp³-hybridized carbons (Fsp3) is 0.300. The number of H-pyrrole nitrogens is 1. The molecule has 2 saturated heterocycles. The molecule has 0 saturated carbocycles. The summed E-state index contributed by atoms with van der Waals surface area (Å²) in [6, 6.07) is 30.9. The van der Waals surface area contributed by atoms with Crippen molar-refractivity contribution in [1.82, 2.24) is 10.2 Å². The number of hydrogen-bond donors (Lipinski definition) is 2. The summed E-state index contributed by atoms with van der Waals surface area (Å²) in [5, 5.41) is 6.89. The maximum atomic E-state index is 7.03. The third-order valence-electron chi connectivity index (χ3n) is 7.16. The van der Waals surface area contributed by atoms with Gasteiger partial charge in [0.05, 0.1) is 12.8 Å². The molecule has 6 rings (SSSR count). The summed E-state index contributed by atoms with van der Waals surface area (Å²) in [5.74, 6) is -0.283. The fourth-order valence-corrected chi connectivity index (χ4v) is 5.57. The van der Waals surface area contributed by atoms with Crippen LogP contribution in [0.2, 0.25) is 0 Å². The Labute approximate surface area is 216 Å². The molecule has 0 bridgehead atoms. The number of nitrogens with two attached hydrogens (primary N) is 1. The highest BCUT2D eigenvalue weighted by Crippen LogP contribution is 2.47. The number of rotatable bonds is 7. The van der Waals surface area contributed by atoms with Crippen LogP contribution in [0.3, 0.4) is 0 Å². The summed E-state index contributed by atoms with van der Waals surface area (Å²) in [7, 11) is 0. The molecule has 2 aliphatic heterocycles. The Morgan fingerprint density at radius 1 is 0.838 bits per heavy atom. The van der Waals surface area contributed by atoms with Crippen LogP contribution in [0.4, 0.5) is 5.82 Å². The van der Waals surface area contributed by atoms with Gasteiger partial charge in [-0.05, 0) is 30.5 Å². The Balaban J connectivity index is 1.40. The molecule has 0 radical (unpaired) electrons. The molecule has 3 heterocycles. The molecule has 4 aromatic rings. The van der Waals surface area contributed by atoms with Crippen LogP contribution in [0.1, 0.15) is 42.2 Å². The number of nitrogens with one attached hydrogen (secondary N) is 1. The van der Waals surface area contributed by atoms with E-state index in [1.165, 1.54) is 0 Å². The first-order chi connectivity index (χ1) is 18.0. The predicted octanol–water partition coefficient (Wildman–Crippen LogP) is 4.96. The molecule has 0 spiro atoms. The predicted molar refractivity (Wildman–Crippen MR) is 140 cm³/mol. The smallest absolute Gasteiger partial charge is 0.164 e. The highest BCUT2D eigenvalue weighted by Gasteiger charge is 2.56. The zero-order valence-corrected chi connectivity index (χ0v) is 20.9. The van der Waals surface area contributed by atoms with E-state index in [0.29, 0.717) is 5.82 Å². The summed E-state index contributed by atoms with van der Waals surface area (Å²) < 4.78 is 26.2. The highest BCUT2D eigenvalue weighted by atomic mass is 16.8. The lowest BCUT2D eigenvalue weighted by Gasteiger charge is -2.37. The van der Waals surface area contributed by atoms with Crippen molar-refractivity contribution in [2.75, 3.05) is 12.3 Å². The van der Waals surface area contributed by atoms with E-state index in [2.05, 4.69) is 46.6 Å². The van der Waals surface area contributed by atoms with Gasteiger partial charge in [-0.1, -0.05) is 91.0 Å². The van der Waals surface area contributed by atoms with Crippen molar-refractivity contribution in [1.29, 1.82) is 0 Å². The van der Waals surface area contributed by atoms with Gasteiger partial charge in [-0.25, -0.2) is 0 Å². The molecule has 4 atom stereocenters. The highest BCUT2D eigenvalue weighted by molar-refractivity contribution is 5.47. The van der Waals surface area contributed by atoms with Crippen molar-refractivity contribution in [2.24, 2.45) is 0 Å². The Morgan fingerprint density at radius 3 is 1.84 bits per heavy atom. The van der Waals surface area contributed by atoms with Gasteiger partial charge in [0.1, 0.15) is 35.8 Å². The zero-order chi connectivity index (χ0) is 25.5. The first-order valence-corrected chi connectivity index (χ1v) is 12.6. The van der Waals surface area contributed by atoms with Gasteiger partial charge in [-0.15, -0.1) is 0 Å². The second kappa shape index (κ2) is 9.43. The molecule has 190 valence electrons. The average molecular weight is 498 g/mol. The lowest BCUT2D eigenvalue weighted by atomic mass is 9.80. The number of fused-ring (bicyclic) bond motifs is 1. The van der Waals surface area contributed by atoms with Gasteiger partial charge in [-0.2, -0.15) is 5.10 Å². The molecule has 1 unspecified atom stereocenters. The molecule has 0 amide bonds. The second-order valence-electron chi connectivity index (χ2n) is 9.99. The molecule has 7 nitrogen and oxygen atoms in total. The van der Waals surface area contributed by atoms with Gasteiger partial charge in [0.15, 0.2) is 5.79 Å². The van der Waals surface area contributed by atoms with Crippen molar-refractivity contribution in [3.63, 3.8) is 0 Å². The summed E-state index contributed by atoms with van der Waals surface area (Å²) in [6.07, 6.45) is 0.231. The van der Waals surface area contributed by atoms with Gasteiger partial charge in [-0.3, -0.25) is 5.10 Å². The first-order valence-electron chi connectivity index (χ1n) is 12.6. The maximum Gasteiger partial charge on any atom is 0.164 e. The second-order valence-corrected chi connectivity index (χ2v) is 9.99. The number of nitrogen functional groups attached to an aromatic ring is 1. The zero-order valence-electron chi connectivity index (χ0n) is 20.9. The van der Waals surface area contributed by atoms with Crippen molar-refractivity contribution < 1.29 is 18.9 Å². The number of aromatic nitrogens is 2. The molecule has 37 heavy (non-hydrogen) atoms. The van der Waals surface area contributed by atoms with Crippen molar-refractivity contribution in [3.8, 4) is 0 Å². The van der Waals surface area contributed by atoms with E-state index >= 15 is 0 Å². The first kappa shape index (κ1) is 23.9. The normalized spacial score (nSPS) is 24.7. The summed E-state index contributed by atoms with van der Waals surface area (Å²) in [5.41, 5.74) is 9.16. The van der Waals surface area contributed by atoms with E-state index in [-0.39, 0.29) is 24.9 Å². The van der Waals surface area contributed by atoms with Crippen LogP contribution >= 0.6 is 0 Å². The Hall–Kier alpha value is -3.49. The lowest BCUT2D eigenvalue weighted by Crippen LogP contribution is -2.39. The average Bonchev–Trinajstić information content (AvgIpc) is 3.58. The quantitative estimate of drug-likeness (QED) is 0.351. The minimum atomic E-state index is -0.857. The number of anilines is 1. The van der Waals surface area contributed by atoms with Crippen molar-refractivity contribution >= 4 is 5.82 Å². The molecule has 2 fully saturated rings. The SMILES string of the molecule is CC1(C)O[C@@H]2[C@@H](COC(c3ccccc3)(c3ccccc3)c3ccccc3)OC(c3cn[nH]c3N)[C@@H]2O1. The van der Waals surface area contributed by atoms with Crippen LogP contribution in [0.15, 0.2) is 97.2 Å². The van der Waals surface area contributed by atoms with E-state index in [1.807, 2.05) is 68.4 Å². The molecular weight excluding hydrogens is 466 g/mol. The molecule has 0 aliphatic carbocycles. The summed E-state index contributed by atoms with van der Waals surface area (Å²) >= 11 is 0. The number of hydrogen-bond acceptors (Lipinski definition) is 6. The third-order valence-corrected chi connectivity index (χ3v) is 7.16. The number of nitrogens with zero attached hydrogens (tertiary/aromatic N) is 1. The van der Waals surface area contributed by atoms with Gasteiger partial charge < -0.3 is 24.7 Å². The summed E-state index contributed by atoms with van der Waals surface area (Å²) in [4.78, 5) is 0. The Bertz CT molecular complexity index is 1230. The lowest BCUT2D eigenvalue weighted by molar-refractivity contribution is -0.196. The molecule has 2 aliphatic rings. The summed E-state index contributed by atoms with van der Waals surface area (Å²) in [6.45, 7) is 4.11. The number of benzene rings is 3. The van der Waals surface area contributed by atoms with E-state index in [1.54, 1.807) is 6.20 Å². The van der Waals surface area contributed by atoms with Gasteiger partial charge in [0, 0.05) is 5.56 Å². The monoisotopic (exact) mass is 497 g/mol. The van der Waals surface area contributed by atoms with Crippen molar-refractivity contribution in [3.05, 3.63) is 119 Å². The van der Waals surface area contributed by atoms with Crippen LogP contribution in [-0.4, -0.2) is 40.9 Å². The van der Waals surface area contributed by atoms with Gasteiger partial charge >= 0.3 is 0 Å². The van der Waals surface area contributed by atoms with Crippen LogP contribution in [0.5, 0.6) is 0 Å². The largest absolute Gasteiger partial charge is 0.384 e. The fourth-order valence-electron chi connectivity index (χ4n) is 5.57. The molecule has 3 aromatic carbocycles. The van der Waals surface area contributed by atoms with Gasteiger partial charge in [0.25, 0.3) is 0 Å². The standard InChI is InChI=1S/C30H31N3O4/c1-29(2)36-26-24(35-25(27(26)37-29)23-18-32-33-28(23)31)19-34-30(20-12-6-3-7-13-20,21-14-8-4-9-15-21)22-16-10-5-11-17-22/h3-18,24-27H,19H2,1-2H3,(H3,31,32,33)/t24-,25?,26-,27+/m1/s1. The van der Waals surface area contributed by atoms with E-state index in [9.17, 15) is 0 Å². The minimum absolute atomic E-state index is 0.271. The van der Waals surface area contributed by atoms with E-state index in [4.69, 9.17) is 24.7 Å². The van der Waals surface area contributed by atoms with Crippen LogP contribution < -0.4 is 5.73 Å². The molecule has 7 heteroatoms. The Kier molecular flexibility index (Phi) is 6.09. The topological polar surface area (TPSA) is 91.6 Å².